The van der Waals surface area contributed by atoms with Gasteiger partial charge in [-0.15, -0.1) is 5.10 Å². The van der Waals surface area contributed by atoms with E-state index in [2.05, 4.69) is 20.5 Å². The third kappa shape index (κ3) is 3.39. The second-order valence-corrected chi connectivity index (χ2v) is 5.55. The molecular formula is C15H21N5O. The molecule has 2 N–H and O–H groups in total. The van der Waals surface area contributed by atoms with Crippen LogP contribution in [0.4, 0.5) is 11.4 Å². The van der Waals surface area contributed by atoms with Crippen LogP contribution >= 0.6 is 0 Å². The molecule has 0 atom stereocenters. The van der Waals surface area contributed by atoms with Crippen LogP contribution in [-0.2, 0) is 0 Å². The van der Waals surface area contributed by atoms with Crippen molar-refractivity contribution in [2.24, 2.45) is 0 Å². The number of benzene rings is 1. The van der Waals surface area contributed by atoms with Crippen LogP contribution in [0.5, 0.6) is 0 Å². The van der Waals surface area contributed by atoms with E-state index in [0.29, 0.717) is 5.82 Å². The number of nitrogens with zero attached hydrogens (tertiary/aromatic N) is 3. The summed E-state index contributed by atoms with van der Waals surface area (Å²) in [7, 11) is 3.94. The first-order chi connectivity index (χ1) is 9.88. The fourth-order valence-corrected chi connectivity index (χ4v) is 1.99. The quantitative estimate of drug-likeness (QED) is 0.906. The third-order valence-corrected chi connectivity index (χ3v) is 3.20. The van der Waals surface area contributed by atoms with Gasteiger partial charge in [-0.05, 0) is 24.6 Å². The minimum absolute atomic E-state index is 0.158. The van der Waals surface area contributed by atoms with Crippen LogP contribution in [0, 0.1) is 6.92 Å². The Hall–Kier alpha value is -2.37. The Morgan fingerprint density at radius 2 is 2.05 bits per heavy atom. The number of aromatic amines is 1. The molecular weight excluding hydrogens is 266 g/mol. The van der Waals surface area contributed by atoms with Crippen molar-refractivity contribution < 1.29 is 4.79 Å². The molecule has 2 aromatic rings. The molecule has 0 saturated carbocycles. The third-order valence-electron chi connectivity index (χ3n) is 3.20. The summed E-state index contributed by atoms with van der Waals surface area (Å²) in [5.41, 5.74) is 2.94. The van der Waals surface area contributed by atoms with Gasteiger partial charge in [0.1, 0.15) is 5.82 Å². The van der Waals surface area contributed by atoms with E-state index < -0.39 is 0 Å². The van der Waals surface area contributed by atoms with Gasteiger partial charge in [-0.1, -0.05) is 19.9 Å². The molecule has 1 heterocycles. The highest BCUT2D eigenvalue weighted by molar-refractivity contribution is 6.01. The maximum atomic E-state index is 12.1. The van der Waals surface area contributed by atoms with Gasteiger partial charge < -0.3 is 10.2 Å². The van der Waals surface area contributed by atoms with Crippen molar-refractivity contribution in [2.75, 3.05) is 24.3 Å². The molecule has 1 aromatic heterocycles. The van der Waals surface area contributed by atoms with Gasteiger partial charge in [-0.25, -0.2) is 4.98 Å². The molecule has 0 saturated heterocycles. The van der Waals surface area contributed by atoms with E-state index in [-0.39, 0.29) is 17.6 Å². The first-order valence-electron chi connectivity index (χ1n) is 6.90. The normalized spacial score (nSPS) is 10.8. The van der Waals surface area contributed by atoms with E-state index in [1.807, 2.05) is 58.0 Å². The zero-order valence-corrected chi connectivity index (χ0v) is 13.1. The standard InChI is InChI=1S/C15H21N5O/c1-9(2)13-17-14(19-18-13)15(21)16-11-7-6-10(3)12(8-11)20(4)5/h6-9H,1-5H3,(H,16,21)(H,17,18,19). The van der Waals surface area contributed by atoms with E-state index in [9.17, 15) is 4.79 Å². The molecule has 2 rings (SSSR count). The fraction of sp³-hybridized carbons (Fsp3) is 0.400. The summed E-state index contributed by atoms with van der Waals surface area (Å²) in [4.78, 5) is 18.3. The molecule has 0 aliphatic rings. The van der Waals surface area contributed by atoms with Crippen molar-refractivity contribution in [3.8, 4) is 0 Å². The van der Waals surface area contributed by atoms with Crippen LogP contribution in [0.25, 0.3) is 0 Å². The Morgan fingerprint density at radius 1 is 1.33 bits per heavy atom. The summed E-state index contributed by atoms with van der Waals surface area (Å²) < 4.78 is 0. The van der Waals surface area contributed by atoms with Gasteiger partial charge in [0.15, 0.2) is 0 Å². The Balaban J connectivity index is 2.17. The average molecular weight is 287 g/mol. The lowest BCUT2D eigenvalue weighted by molar-refractivity contribution is 0.101. The van der Waals surface area contributed by atoms with Gasteiger partial charge in [0.25, 0.3) is 5.91 Å². The van der Waals surface area contributed by atoms with Crippen molar-refractivity contribution in [3.63, 3.8) is 0 Å². The van der Waals surface area contributed by atoms with E-state index in [1.165, 1.54) is 0 Å². The second-order valence-electron chi connectivity index (χ2n) is 5.55. The summed E-state index contributed by atoms with van der Waals surface area (Å²) in [6.07, 6.45) is 0. The zero-order chi connectivity index (χ0) is 15.6. The predicted molar refractivity (Wildman–Crippen MR) is 83.9 cm³/mol. The number of carbonyl (C=O) groups is 1. The molecule has 0 bridgehead atoms. The van der Waals surface area contributed by atoms with Gasteiger partial charge in [0, 0.05) is 31.4 Å². The number of aromatic nitrogens is 3. The number of rotatable bonds is 4. The van der Waals surface area contributed by atoms with Crippen LogP contribution in [0.3, 0.4) is 0 Å². The monoisotopic (exact) mass is 287 g/mol. The molecule has 6 heteroatoms. The first kappa shape index (κ1) is 15.0. The number of aryl methyl sites for hydroxylation is 1. The highest BCUT2D eigenvalue weighted by Gasteiger charge is 2.14. The molecule has 0 unspecified atom stereocenters. The van der Waals surface area contributed by atoms with Crippen LogP contribution < -0.4 is 10.2 Å². The van der Waals surface area contributed by atoms with E-state index in [4.69, 9.17) is 0 Å². The number of hydrogen-bond acceptors (Lipinski definition) is 4. The highest BCUT2D eigenvalue weighted by Crippen LogP contribution is 2.22. The molecule has 6 nitrogen and oxygen atoms in total. The largest absolute Gasteiger partial charge is 0.377 e. The van der Waals surface area contributed by atoms with Crippen molar-refractivity contribution in [1.82, 2.24) is 15.2 Å². The maximum Gasteiger partial charge on any atom is 0.295 e. The predicted octanol–water partition coefficient (Wildman–Crippen LogP) is 2.55. The molecule has 0 spiro atoms. The fourth-order valence-electron chi connectivity index (χ4n) is 1.99. The van der Waals surface area contributed by atoms with E-state index in [1.54, 1.807) is 0 Å². The van der Waals surface area contributed by atoms with Crippen molar-refractivity contribution in [3.05, 3.63) is 35.4 Å². The van der Waals surface area contributed by atoms with Crippen molar-refractivity contribution in [2.45, 2.75) is 26.7 Å². The van der Waals surface area contributed by atoms with E-state index >= 15 is 0 Å². The Kier molecular flexibility index (Phi) is 4.26. The van der Waals surface area contributed by atoms with E-state index in [0.717, 1.165) is 16.9 Å². The minimum atomic E-state index is -0.313. The van der Waals surface area contributed by atoms with Gasteiger partial charge >= 0.3 is 0 Å². The number of hydrogen-bond donors (Lipinski definition) is 2. The number of amides is 1. The lowest BCUT2D eigenvalue weighted by atomic mass is 10.1. The van der Waals surface area contributed by atoms with Gasteiger partial charge in [-0.3, -0.25) is 9.89 Å². The molecule has 112 valence electrons. The molecule has 0 aliphatic carbocycles. The van der Waals surface area contributed by atoms with Crippen LogP contribution in [0.1, 0.15) is 41.8 Å². The smallest absolute Gasteiger partial charge is 0.295 e. The Bertz CT molecular complexity index is 645. The lowest BCUT2D eigenvalue weighted by Gasteiger charge is -2.16. The molecule has 0 aliphatic heterocycles. The number of anilines is 2. The summed E-state index contributed by atoms with van der Waals surface area (Å²) >= 11 is 0. The number of H-pyrrole nitrogens is 1. The van der Waals surface area contributed by atoms with Gasteiger partial charge in [-0.2, -0.15) is 0 Å². The maximum absolute atomic E-state index is 12.1. The van der Waals surface area contributed by atoms with Gasteiger partial charge in [0.2, 0.25) is 5.82 Å². The Labute approximate surface area is 124 Å². The lowest BCUT2D eigenvalue weighted by Crippen LogP contribution is -2.15. The van der Waals surface area contributed by atoms with Crippen LogP contribution in [0.2, 0.25) is 0 Å². The van der Waals surface area contributed by atoms with Crippen LogP contribution in [0.15, 0.2) is 18.2 Å². The first-order valence-corrected chi connectivity index (χ1v) is 6.90. The zero-order valence-electron chi connectivity index (χ0n) is 13.1. The topological polar surface area (TPSA) is 73.9 Å². The SMILES string of the molecule is Cc1ccc(NC(=O)c2n[nH]c(C(C)C)n2)cc1N(C)C. The average Bonchev–Trinajstić information content (AvgIpc) is 2.90. The minimum Gasteiger partial charge on any atom is -0.377 e. The Morgan fingerprint density at radius 3 is 2.62 bits per heavy atom. The van der Waals surface area contributed by atoms with Gasteiger partial charge in [0.05, 0.1) is 0 Å². The number of carbonyl (C=O) groups excluding carboxylic acids is 1. The molecule has 21 heavy (non-hydrogen) atoms. The number of nitrogens with one attached hydrogen (secondary N) is 2. The summed E-state index contributed by atoms with van der Waals surface area (Å²) in [6, 6.07) is 5.78. The molecule has 0 fully saturated rings. The second kappa shape index (κ2) is 5.95. The summed E-state index contributed by atoms with van der Waals surface area (Å²) in [5, 5.41) is 9.55. The van der Waals surface area contributed by atoms with Crippen molar-refractivity contribution >= 4 is 17.3 Å². The molecule has 1 amide bonds. The summed E-state index contributed by atoms with van der Waals surface area (Å²) in [5.74, 6) is 0.759. The van der Waals surface area contributed by atoms with Crippen LogP contribution in [-0.4, -0.2) is 35.2 Å². The summed E-state index contributed by atoms with van der Waals surface area (Å²) in [6.45, 7) is 6.02. The van der Waals surface area contributed by atoms with Crippen molar-refractivity contribution in [1.29, 1.82) is 0 Å². The molecule has 1 aromatic carbocycles. The molecule has 0 radical (unpaired) electrons. The highest BCUT2D eigenvalue weighted by atomic mass is 16.2.